The molecule has 0 spiro atoms. The number of benzene rings is 1. The summed E-state index contributed by atoms with van der Waals surface area (Å²) in [5.74, 6) is 0.0316. The van der Waals surface area contributed by atoms with Crippen LogP contribution < -0.4 is 5.73 Å². The minimum atomic E-state index is 0.0316. The van der Waals surface area contributed by atoms with Crippen molar-refractivity contribution in [2.24, 2.45) is 5.73 Å². The Bertz CT molecular complexity index is 551. The highest BCUT2D eigenvalue weighted by atomic mass is 16.1. The van der Waals surface area contributed by atoms with Gasteiger partial charge in [0.2, 0.25) is 5.78 Å². The van der Waals surface area contributed by atoms with E-state index in [0.29, 0.717) is 17.8 Å². The number of carbonyl (C=O) groups is 1. The SMILES string of the molecule is NCC1(c2ccc(C(=O)c3ccc[nH]3)cc2)CC1. The fraction of sp³-hybridized carbons (Fsp3) is 0.267. The number of hydrogen-bond acceptors (Lipinski definition) is 2. The van der Waals surface area contributed by atoms with Gasteiger partial charge < -0.3 is 10.7 Å². The van der Waals surface area contributed by atoms with E-state index in [1.165, 1.54) is 5.56 Å². The first-order valence-corrected chi connectivity index (χ1v) is 6.24. The van der Waals surface area contributed by atoms with Crippen LogP contribution in [0.4, 0.5) is 0 Å². The van der Waals surface area contributed by atoms with Crippen molar-refractivity contribution in [3.05, 3.63) is 59.4 Å². The third-order valence-electron chi connectivity index (χ3n) is 3.85. The lowest BCUT2D eigenvalue weighted by Crippen LogP contribution is -2.19. The molecule has 3 heteroatoms. The number of rotatable bonds is 4. The highest BCUT2D eigenvalue weighted by Crippen LogP contribution is 2.47. The zero-order valence-electron chi connectivity index (χ0n) is 10.1. The van der Waals surface area contributed by atoms with Crippen LogP contribution in [-0.2, 0) is 5.41 Å². The Kier molecular flexibility index (Phi) is 2.56. The number of nitrogens with two attached hydrogens (primary N) is 1. The van der Waals surface area contributed by atoms with Gasteiger partial charge in [0.1, 0.15) is 0 Å². The van der Waals surface area contributed by atoms with Crippen LogP contribution in [-0.4, -0.2) is 17.3 Å². The van der Waals surface area contributed by atoms with Crippen molar-refractivity contribution in [3.63, 3.8) is 0 Å². The summed E-state index contributed by atoms with van der Waals surface area (Å²) in [6.45, 7) is 0.691. The Balaban J connectivity index is 1.86. The van der Waals surface area contributed by atoms with Gasteiger partial charge in [-0.25, -0.2) is 0 Å². The second-order valence-corrected chi connectivity index (χ2v) is 4.97. The summed E-state index contributed by atoms with van der Waals surface area (Å²) in [6, 6.07) is 11.5. The van der Waals surface area contributed by atoms with E-state index in [1.807, 2.05) is 30.3 Å². The third-order valence-corrected chi connectivity index (χ3v) is 3.85. The molecule has 0 unspecified atom stereocenters. The van der Waals surface area contributed by atoms with Gasteiger partial charge in [-0.05, 0) is 30.5 Å². The molecular formula is C15H16N2O. The molecule has 1 fully saturated rings. The van der Waals surface area contributed by atoms with Crippen LogP contribution in [0.25, 0.3) is 0 Å². The van der Waals surface area contributed by atoms with Gasteiger partial charge in [-0.1, -0.05) is 24.3 Å². The first kappa shape index (κ1) is 11.2. The molecule has 2 aromatic rings. The largest absolute Gasteiger partial charge is 0.359 e. The van der Waals surface area contributed by atoms with Crippen molar-refractivity contribution in [2.75, 3.05) is 6.54 Å². The first-order chi connectivity index (χ1) is 8.75. The molecule has 3 N–H and O–H groups in total. The lowest BCUT2D eigenvalue weighted by atomic mass is 9.94. The Morgan fingerprint density at radius 1 is 1.22 bits per heavy atom. The molecule has 1 saturated carbocycles. The predicted molar refractivity (Wildman–Crippen MR) is 70.6 cm³/mol. The van der Waals surface area contributed by atoms with Crippen molar-refractivity contribution >= 4 is 5.78 Å². The van der Waals surface area contributed by atoms with E-state index in [2.05, 4.69) is 4.98 Å². The Hall–Kier alpha value is -1.87. The predicted octanol–water partition coefficient (Wildman–Crippen LogP) is 2.24. The van der Waals surface area contributed by atoms with Crippen molar-refractivity contribution in [1.29, 1.82) is 0 Å². The number of ketones is 1. The first-order valence-electron chi connectivity index (χ1n) is 6.24. The summed E-state index contributed by atoms with van der Waals surface area (Å²) >= 11 is 0. The maximum atomic E-state index is 12.1. The molecule has 0 atom stereocenters. The van der Waals surface area contributed by atoms with Gasteiger partial charge in [-0.15, -0.1) is 0 Å². The summed E-state index contributed by atoms with van der Waals surface area (Å²) in [7, 11) is 0. The molecule has 1 aromatic carbocycles. The minimum absolute atomic E-state index is 0.0316. The molecule has 1 aliphatic carbocycles. The van der Waals surface area contributed by atoms with Gasteiger partial charge >= 0.3 is 0 Å². The number of nitrogens with one attached hydrogen (secondary N) is 1. The quantitative estimate of drug-likeness (QED) is 0.805. The van der Waals surface area contributed by atoms with Crippen LogP contribution in [0.1, 0.15) is 34.5 Å². The summed E-state index contributed by atoms with van der Waals surface area (Å²) in [5.41, 5.74) is 8.59. The van der Waals surface area contributed by atoms with Crippen molar-refractivity contribution in [3.8, 4) is 0 Å². The zero-order chi connectivity index (χ0) is 12.6. The van der Waals surface area contributed by atoms with E-state index >= 15 is 0 Å². The van der Waals surface area contributed by atoms with Crippen LogP contribution in [0.2, 0.25) is 0 Å². The van der Waals surface area contributed by atoms with E-state index in [0.717, 1.165) is 12.8 Å². The summed E-state index contributed by atoms with van der Waals surface area (Å²) < 4.78 is 0. The average molecular weight is 240 g/mol. The van der Waals surface area contributed by atoms with E-state index < -0.39 is 0 Å². The van der Waals surface area contributed by atoms with Gasteiger partial charge in [0.25, 0.3) is 0 Å². The fourth-order valence-corrected chi connectivity index (χ4v) is 2.36. The average Bonchev–Trinajstić information content (AvgIpc) is 3.04. The fourth-order valence-electron chi connectivity index (χ4n) is 2.36. The van der Waals surface area contributed by atoms with Crippen molar-refractivity contribution in [2.45, 2.75) is 18.3 Å². The molecule has 0 amide bonds. The van der Waals surface area contributed by atoms with Crippen molar-refractivity contribution in [1.82, 2.24) is 4.98 Å². The maximum absolute atomic E-state index is 12.1. The molecule has 1 aliphatic rings. The lowest BCUT2D eigenvalue weighted by molar-refractivity contribution is 0.103. The number of H-pyrrole nitrogens is 1. The van der Waals surface area contributed by atoms with Crippen LogP contribution in [0.5, 0.6) is 0 Å². The molecule has 3 nitrogen and oxygen atoms in total. The van der Waals surface area contributed by atoms with Crippen LogP contribution in [0.3, 0.4) is 0 Å². The molecular weight excluding hydrogens is 224 g/mol. The maximum Gasteiger partial charge on any atom is 0.209 e. The highest BCUT2D eigenvalue weighted by molar-refractivity contribution is 6.07. The Morgan fingerprint density at radius 3 is 2.44 bits per heavy atom. The molecule has 0 radical (unpaired) electrons. The molecule has 18 heavy (non-hydrogen) atoms. The number of hydrogen-bond donors (Lipinski definition) is 2. The normalized spacial score (nSPS) is 16.5. The lowest BCUT2D eigenvalue weighted by Gasteiger charge is -2.12. The standard InChI is InChI=1S/C15H16N2O/c16-10-15(7-8-15)12-5-3-11(4-6-12)14(18)13-2-1-9-17-13/h1-6,9,17H,7-8,10,16H2. The Morgan fingerprint density at radius 2 is 1.94 bits per heavy atom. The van der Waals surface area contributed by atoms with E-state index in [-0.39, 0.29) is 11.2 Å². The van der Waals surface area contributed by atoms with E-state index in [4.69, 9.17) is 5.73 Å². The third kappa shape index (κ3) is 1.77. The summed E-state index contributed by atoms with van der Waals surface area (Å²) in [4.78, 5) is 15.0. The Labute approximate surface area is 106 Å². The van der Waals surface area contributed by atoms with Crippen molar-refractivity contribution < 1.29 is 4.79 Å². The molecule has 0 aliphatic heterocycles. The van der Waals surface area contributed by atoms with E-state index in [1.54, 1.807) is 12.3 Å². The van der Waals surface area contributed by atoms with E-state index in [9.17, 15) is 4.79 Å². The smallest absolute Gasteiger partial charge is 0.209 e. The minimum Gasteiger partial charge on any atom is -0.359 e. The number of aromatic nitrogens is 1. The number of aromatic amines is 1. The second-order valence-electron chi connectivity index (χ2n) is 4.97. The molecule has 0 saturated heterocycles. The summed E-state index contributed by atoms with van der Waals surface area (Å²) in [6.07, 6.45) is 4.08. The molecule has 92 valence electrons. The zero-order valence-corrected chi connectivity index (χ0v) is 10.1. The van der Waals surface area contributed by atoms with Gasteiger partial charge in [-0.3, -0.25) is 4.79 Å². The van der Waals surface area contributed by atoms with Crippen LogP contribution in [0.15, 0.2) is 42.6 Å². The molecule has 1 aromatic heterocycles. The van der Waals surface area contributed by atoms with Gasteiger partial charge in [0.05, 0.1) is 5.69 Å². The van der Waals surface area contributed by atoms with Gasteiger partial charge in [0.15, 0.2) is 0 Å². The van der Waals surface area contributed by atoms with Crippen LogP contribution in [0, 0.1) is 0 Å². The molecule has 1 heterocycles. The number of carbonyl (C=O) groups excluding carboxylic acids is 1. The second kappa shape index (κ2) is 4.10. The monoisotopic (exact) mass is 240 g/mol. The molecule has 3 rings (SSSR count). The molecule has 0 bridgehead atoms. The van der Waals surface area contributed by atoms with Gasteiger partial charge in [-0.2, -0.15) is 0 Å². The van der Waals surface area contributed by atoms with Crippen LogP contribution >= 0.6 is 0 Å². The summed E-state index contributed by atoms with van der Waals surface area (Å²) in [5, 5.41) is 0. The van der Waals surface area contributed by atoms with Gasteiger partial charge in [0, 0.05) is 23.7 Å². The highest BCUT2D eigenvalue weighted by Gasteiger charge is 2.42. The topological polar surface area (TPSA) is 58.9 Å².